The number of nitrogens with zero attached hydrogens (tertiary/aromatic N) is 1. The fourth-order valence-electron chi connectivity index (χ4n) is 2.29. The standard InChI is InChI=1S/C16H21NO2/c1-2-19-16(18)15-9-6-11-17(13-15)12-10-14-7-4-3-5-8-14/h3-5,7-8,13H,2,6,9-12H2,1H3. The second-order valence-corrected chi connectivity index (χ2v) is 4.75. The molecule has 102 valence electrons. The monoisotopic (exact) mass is 259 g/mol. The molecule has 0 saturated heterocycles. The lowest BCUT2D eigenvalue weighted by atomic mass is 10.1. The average molecular weight is 259 g/mol. The summed E-state index contributed by atoms with van der Waals surface area (Å²) in [5, 5.41) is 0. The molecule has 1 aromatic carbocycles. The van der Waals surface area contributed by atoms with Crippen LogP contribution in [0.1, 0.15) is 25.3 Å². The molecule has 0 radical (unpaired) electrons. The van der Waals surface area contributed by atoms with E-state index in [4.69, 9.17) is 4.74 Å². The summed E-state index contributed by atoms with van der Waals surface area (Å²) in [4.78, 5) is 13.9. The van der Waals surface area contributed by atoms with Crippen LogP contribution in [0, 0.1) is 0 Å². The first kappa shape index (κ1) is 13.7. The van der Waals surface area contributed by atoms with Crippen molar-refractivity contribution in [3.05, 3.63) is 47.7 Å². The normalized spacial score (nSPS) is 15.0. The smallest absolute Gasteiger partial charge is 0.335 e. The summed E-state index contributed by atoms with van der Waals surface area (Å²) in [6, 6.07) is 10.4. The van der Waals surface area contributed by atoms with Gasteiger partial charge in [0.25, 0.3) is 0 Å². The van der Waals surface area contributed by atoms with Gasteiger partial charge in [0, 0.05) is 19.3 Å². The van der Waals surface area contributed by atoms with Crippen LogP contribution in [-0.2, 0) is 16.0 Å². The minimum Gasteiger partial charge on any atom is -0.463 e. The van der Waals surface area contributed by atoms with Crippen molar-refractivity contribution in [1.82, 2.24) is 4.90 Å². The number of hydrogen-bond acceptors (Lipinski definition) is 3. The van der Waals surface area contributed by atoms with Crippen molar-refractivity contribution in [3.8, 4) is 0 Å². The van der Waals surface area contributed by atoms with Crippen LogP contribution in [0.15, 0.2) is 42.1 Å². The van der Waals surface area contributed by atoms with Gasteiger partial charge in [0.05, 0.1) is 12.2 Å². The molecule has 0 saturated carbocycles. The molecule has 0 fully saturated rings. The quantitative estimate of drug-likeness (QED) is 0.762. The molecule has 2 rings (SSSR count). The Morgan fingerprint density at radius 3 is 2.84 bits per heavy atom. The molecule has 3 heteroatoms. The van der Waals surface area contributed by atoms with E-state index >= 15 is 0 Å². The van der Waals surface area contributed by atoms with E-state index in [1.807, 2.05) is 19.2 Å². The fraction of sp³-hybridized carbons (Fsp3) is 0.438. The van der Waals surface area contributed by atoms with Crippen LogP contribution in [0.2, 0.25) is 0 Å². The Balaban J connectivity index is 1.90. The van der Waals surface area contributed by atoms with Gasteiger partial charge in [-0.2, -0.15) is 0 Å². The predicted molar refractivity (Wildman–Crippen MR) is 75.7 cm³/mol. The van der Waals surface area contributed by atoms with E-state index in [0.29, 0.717) is 6.61 Å². The molecule has 0 aliphatic carbocycles. The molecular formula is C16H21NO2. The summed E-state index contributed by atoms with van der Waals surface area (Å²) in [6.07, 6.45) is 4.85. The minimum absolute atomic E-state index is 0.160. The first-order chi connectivity index (χ1) is 9.29. The van der Waals surface area contributed by atoms with Crippen molar-refractivity contribution in [2.24, 2.45) is 0 Å². The third kappa shape index (κ3) is 4.12. The third-order valence-corrected chi connectivity index (χ3v) is 3.30. The summed E-state index contributed by atoms with van der Waals surface area (Å²) < 4.78 is 5.06. The van der Waals surface area contributed by atoms with E-state index in [-0.39, 0.29) is 5.97 Å². The highest BCUT2D eigenvalue weighted by Gasteiger charge is 2.16. The first-order valence-electron chi connectivity index (χ1n) is 6.95. The van der Waals surface area contributed by atoms with Gasteiger partial charge in [-0.15, -0.1) is 0 Å². The van der Waals surface area contributed by atoms with E-state index in [1.54, 1.807) is 0 Å². The second-order valence-electron chi connectivity index (χ2n) is 4.75. The highest BCUT2D eigenvalue weighted by molar-refractivity contribution is 5.88. The van der Waals surface area contributed by atoms with Gasteiger partial charge < -0.3 is 9.64 Å². The van der Waals surface area contributed by atoms with Gasteiger partial charge in [0.15, 0.2) is 0 Å². The minimum atomic E-state index is -0.160. The van der Waals surface area contributed by atoms with E-state index in [0.717, 1.165) is 37.9 Å². The van der Waals surface area contributed by atoms with Crippen LogP contribution in [0.3, 0.4) is 0 Å². The molecule has 0 unspecified atom stereocenters. The van der Waals surface area contributed by atoms with E-state index in [1.165, 1.54) is 5.56 Å². The van der Waals surface area contributed by atoms with Crippen LogP contribution in [0.4, 0.5) is 0 Å². The number of carbonyl (C=O) groups excluding carboxylic acids is 1. The number of ether oxygens (including phenoxy) is 1. The van der Waals surface area contributed by atoms with Crippen molar-refractivity contribution in [2.45, 2.75) is 26.2 Å². The Labute approximate surface area is 114 Å². The van der Waals surface area contributed by atoms with Gasteiger partial charge >= 0.3 is 5.97 Å². The zero-order chi connectivity index (χ0) is 13.5. The predicted octanol–water partition coefficient (Wildman–Crippen LogP) is 2.77. The summed E-state index contributed by atoms with van der Waals surface area (Å²) in [7, 11) is 0. The van der Waals surface area contributed by atoms with Gasteiger partial charge in [-0.3, -0.25) is 0 Å². The van der Waals surface area contributed by atoms with Crippen LogP contribution in [-0.4, -0.2) is 30.6 Å². The lowest BCUT2D eigenvalue weighted by Crippen LogP contribution is -2.27. The van der Waals surface area contributed by atoms with Gasteiger partial charge in [0.2, 0.25) is 0 Å². The molecule has 1 heterocycles. The van der Waals surface area contributed by atoms with Crippen molar-refractivity contribution in [1.29, 1.82) is 0 Å². The maximum atomic E-state index is 11.7. The summed E-state index contributed by atoms with van der Waals surface area (Å²) in [6.45, 7) is 4.26. The SMILES string of the molecule is CCOC(=O)C1=CN(CCc2ccccc2)CCC1. The van der Waals surface area contributed by atoms with Crippen LogP contribution < -0.4 is 0 Å². The van der Waals surface area contributed by atoms with Crippen LogP contribution in [0.25, 0.3) is 0 Å². The molecule has 1 aromatic rings. The number of benzene rings is 1. The lowest BCUT2D eigenvalue weighted by Gasteiger charge is -2.26. The summed E-state index contributed by atoms with van der Waals surface area (Å²) in [5.74, 6) is -0.160. The molecule has 3 nitrogen and oxygen atoms in total. The average Bonchev–Trinajstić information content (AvgIpc) is 2.47. The van der Waals surface area contributed by atoms with Crippen LogP contribution >= 0.6 is 0 Å². The van der Waals surface area contributed by atoms with Gasteiger partial charge in [-0.25, -0.2) is 4.79 Å². The number of rotatable bonds is 5. The van der Waals surface area contributed by atoms with Crippen LogP contribution in [0.5, 0.6) is 0 Å². The maximum Gasteiger partial charge on any atom is 0.335 e. The largest absolute Gasteiger partial charge is 0.463 e. The van der Waals surface area contributed by atoms with E-state index in [2.05, 4.69) is 29.2 Å². The summed E-state index contributed by atoms with van der Waals surface area (Å²) in [5.41, 5.74) is 2.14. The summed E-state index contributed by atoms with van der Waals surface area (Å²) >= 11 is 0. The molecule has 1 aliphatic heterocycles. The van der Waals surface area contributed by atoms with Gasteiger partial charge in [0.1, 0.15) is 0 Å². The van der Waals surface area contributed by atoms with E-state index < -0.39 is 0 Å². The third-order valence-electron chi connectivity index (χ3n) is 3.30. The molecular weight excluding hydrogens is 238 g/mol. The Morgan fingerprint density at radius 2 is 2.11 bits per heavy atom. The Hall–Kier alpha value is -1.77. The Morgan fingerprint density at radius 1 is 1.32 bits per heavy atom. The Kier molecular flexibility index (Phi) is 5.01. The topological polar surface area (TPSA) is 29.5 Å². The number of esters is 1. The highest BCUT2D eigenvalue weighted by Crippen LogP contribution is 2.16. The molecule has 1 aliphatic rings. The fourth-order valence-corrected chi connectivity index (χ4v) is 2.29. The van der Waals surface area contributed by atoms with Crippen molar-refractivity contribution < 1.29 is 9.53 Å². The van der Waals surface area contributed by atoms with Gasteiger partial charge in [-0.1, -0.05) is 30.3 Å². The molecule has 19 heavy (non-hydrogen) atoms. The Bertz CT molecular complexity index is 439. The first-order valence-corrected chi connectivity index (χ1v) is 6.95. The van der Waals surface area contributed by atoms with Crippen molar-refractivity contribution in [3.63, 3.8) is 0 Å². The molecule has 0 N–H and O–H groups in total. The highest BCUT2D eigenvalue weighted by atomic mass is 16.5. The maximum absolute atomic E-state index is 11.7. The molecule has 0 spiro atoms. The molecule has 0 aromatic heterocycles. The van der Waals surface area contributed by atoms with E-state index in [9.17, 15) is 4.79 Å². The molecule has 0 amide bonds. The van der Waals surface area contributed by atoms with Crippen molar-refractivity contribution >= 4 is 5.97 Å². The number of carbonyl (C=O) groups is 1. The second kappa shape index (κ2) is 6.98. The zero-order valence-corrected chi connectivity index (χ0v) is 11.5. The lowest BCUT2D eigenvalue weighted by molar-refractivity contribution is -0.138. The molecule has 0 atom stereocenters. The number of hydrogen-bond donors (Lipinski definition) is 0. The molecule has 0 bridgehead atoms. The van der Waals surface area contributed by atoms with Crippen molar-refractivity contribution in [2.75, 3.05) is 19.7 Å². The zero-order valence-electron chi connectivity index (χ0n) is 11.5. The van der Waals surface area contributed by atoms with Gasteiger partial charge in [-0.05, 0) is 31.7 Å².